The van der Waals surface area contributed by atoms with Crippen molar-refractivity contribution >= 4 is 17.6 Å². The molecule has 4 nitrogen and oxygen atoms in total. The first-order valence-corrected chi connectivity index (χ1v) is 9.09. The number of amides is 1. The molecule has 0 radical (unpaired) electrons. The number of esters is 1. The summed E-state index contributed by atoms with van der Waals surface area (Å²) in [6, 6.07) is 20.8. The Morgan fingerprint density at radius 1 is 0.867 bits per heavy atom. The smallest absolute Gasteiger partial charge is 0.416 e. The zero-order chi connectivity index (χ0) is 21.6. The molecule has 0 spiro atoms. The van der Waals surface area contributed by atoms with Crippen molar-refractivity contribution in [2.75, 3.05) is 11.9 Å². The summed E-state index contributed by atoms with van der Waals surface area (Å²) in [6.07, 6.45) is -3.97. The van der Waals surface area contributed by atoms with Crippen LogP contribution >= 0.6 is 0 Å². The normalized spacial score (nSPS) is 11.0. The molecular formula is C23H18F3NO3. The second-order valence-corrected chi connectivity index (χ2v) is 6.52. The Hall–Kier alpha value is -3.61. The van der Waals surface area contributed by atoms with Crippen LogP contribution in [0.5, 0.6) is 0 Å². The average Bonchev–Trinajstić information content (AvgIpc) is 2.74. The van der Waals surface area contributed by atoms with Gasteiger partial charge in [-0.1, -0.05) is 54.6 Å². The monoisotopic (exact) mass is 413 g/mol. The largest absolute Gasteiger partial charge is 0.452 e. The summed E-state index contributed by atoms with van der Waals surface area (Å²) in [5.41, 5.74) is 1.27. The van der Waals surface area contributed by atoms with Crippen molar-refractivity contribution in [2.24, 2.45) is 0 Å². The van der Waals surface area contributed by atoms with Crippen LogP contribution in [0.25, 0.3) is 0 Å². The Morgan fingerprint density at radius 2 is 1.57 bits per heavy atom. The molecular weight excluding hydrogens is 395 g/mol. The molecule has 1 N–H and O–H groups in total. The van der Waals surface area contributed by atoms with E-state index in [2.05, 4.69) is 5.32 Å². The molecule has 0 atom stereocenters. The van der Waals surface area contributed by atoms with Crippen LogP contribution in [-0.4, -0.2) is 18.5 Å². The van der Waals surface area contributed by atoms with Crippen LogP contribution in [0.4, 0.5) is 18.9 Å². The van der Waals surface area contributed by atoms with Gasteiger partial charge < -0.3 is 10.1 Å². The quantitative estimate of drug-likeness (QED) is 0.573. The van der Waals surface area contributed by atoms with Gasteiger partial charge in [-0.2, -0.15) is 13.2 Å². The van der Waals surface area contributed by atoms with E-state index >= 15 is 0 Å². The fourth-order valence-electron chi connectivity index (χ4n) is 2.84. The number of ether oxygens (including phenoxy) is 1. The molecule has 0 heterocycles. The van der Waals surface area contributed by atoms with E-state index in [4.69, 9.17) is 4.74 Å². The SMILES string of the molecule is O=C(COC(=O)c1cccc(C(F)(F)F)c1)Nc1ccccc1Cc1ccccc1. The lowest BCUT2D eigenvalue weighted by Gasteiger charge is -2.12. The first-order valence-electron chi connectivity index (χ1n) is 9.09. The predicted octanol–water partition coefficient (Wildman–Crippen LogP) is 5.09. The van der Waals surface area contributed by atoms with Crippen molar-refractivity contribution in [3.63, 3.8) is 0 Å². The van der Waals surface area contributed by atoms with Gasteiger partial charge >= 0.3 is 12.1 Å². The standard InChI is InChI=1S/C23H18F3NO3/c24-23(25,26)19-11-6-10-18(14-19)22(29)30-15-21(28)27-20-12-5-4-9-17(20)13-16-7-2-1-3-8-16/h1-12,14H,13,15H2,(H,27,28). The van der Waals surface area contributed by atoms with Gasteiger partial charge in [0.2, 0.25) is 0 Å². The zero-order valence-corrected chi connectivity index (χ0v) is 15.8. The lowest BCUT2D eigenvalue weighted by molar-refractivity contribution is -0.137. The molecule has 3 aromatic rings. The lowest BCUT2D eigenvalue weighted by atomic mass is 10.0. The van der Waals surface area contributed by atoms with Crippen molar-refractivity contribution in [1.29, 1.82) is 0 Å². The second kappa shape index (κ2) is 9.26. The number of hydrogen-bond donors (Lipinski definition) is 1. The van der Waals surface area contributed by atoms with Crippen LogP contribution in [0.2, 0.25) is 0 Å². The van der Waals surface area contributed by atoms with Gasteiger partial charge in [0.05, 0.1) is 11.1 Å². The van der Waals surface area contributed by atoms with Crippen molar-refractivity contribution in [2.45, 2.75) is 12.6 Å². The first kappa shape index (κ1) is 21.1. The fraction of sp³-hybridized carbons (Fsp3) is 0.130. The van der Waals surface area contributed by atoms with Gasteiger partial charge in [0.1, 0.15) is 0 Å². The van der Waals surface area contributed by atoms with E-state index in [-0.39, 0.29) is 5.56 Å². The minimum Gasteiger partial charge on any atom is -0.452 e. The predicted molar refractivity (Wildman–Crippen MR) is 106 cm³/mol. The van der Waals surface area contributed by atoms with Gasteiger partial charge in [-0.15, -0.1) is 0 Å². The Kier molecular flexibility index (Phi) is 6.51. The molecule has 1 amide bonds. The minimum absolute atomic E-state index is 0.276. The fourth-order valence-corrected chi connectivity index (χ4v) is 2.84. The van der Waals surface area contributed by atoms with E-state index < -0.39 is 30.2 Å². The van der Waals surface area contributed by atoms with Crippen molar-refractivity contribution in [1.82, 2.24) is 0 Å². The highest BCUT2D eigenvalue weighted by atomic mass is 19.4. The summed E-state index contributed by atoms with van der Waals surface area (Å²) in [7, 11) is 0. The Labute approximate surface area is 171 Å². The van der Waals surface area contributed by atoms with E-state index in [1.807, 2.05) is 42.5 Å². The number of rotatable bonds is 6. The van der Waals surface area contributed by atoms with Crippen LogP contribution in [-0.2, 0) is 22.1 Å². The van der Waals surface area contributed by atoms with Gasteiger partial charge in [-0.25, -0.2) is 4.79 Å². The second-order valence-electron chi connectivity index (χ2n) is 6.52. The number of carbonyl (C=O) groups is 2. The maximum absolute atomic E-state index is 12.8. The van der Waals surface area contributed by atoms with E-state index in [0.29, 0.717) is 18.2 Å². The highest BCUT2D eigenvalue weighted by Crippen LogP contribution is 2.29. The van der Waals surface area contributed by atoms with Crippen LogP contribution in [0.15, 0.2) is 78.9 Å². The zero-order valence-electron chi connectivity index (χ0n) is 15.8. The minimum atomic E-state index is -4.57. The van der Waals surface area contributed by atoms with Crippen LogP contribution in [0, 0.1) is 0 Å². The summed E-state index contributed by atoms with van der Waals surface area (Å²) in [5.74, 6) is -1.59. The number of carbonyl (C=O) groups excluding carboxylic acids is 2. The van der Waals surface area contributed by atoms with Crippen LogP contribution in [0.3, 0.4) is 0 Å². The van der Waals surface area contributed by atoms with Crippen molar-refractivity contribution in [3.05, 3.63) is 101 Å². The Balaban J connectivity index is 1.61. The van der Waals surface area contributed by atoms with Gasteiger partial charge in [0.25, 0.3) is 5.91 Å². The molecule has 0 bridgehead atoms. The number of halogens is 3. The summed E-state index contributed by atoms with van der Waals surface area (Å²) < 4.78 is 43.2. The van der Waals surface area contributed by atoms with Crippen LogP contribution < -0.4 is 5.32 Å². The third-order valence-electron chi connectivity index (χ3n) is 4.29. The van der Waals surface area contributed by atoms with Gasteiger partial charge in [-0.05, 0) is 41.8 Å². The molecule has 7 heteroatoms. The number of benzene rings is 3. The van der Waals surface area contributed by atoms with Crippen molar-refractivity contribution < 1.29 is 27.5 Å². The molecule has 0 aromatic heterocycles. The Morgan fingerprint density at radius 3 is 2.30 bits per heavy atom. The molecule has 0 aliphatic heterocycles. The summed E-state index contributed by atoms with van der Waals surface area (Å²) in [6.45, 7) is -0.616. The van der Waals surface area contributed by atoms with Gasteiger partial charge in [-0.3, -0.25) is 4.79 Å². The number of hydrogen-bond acceptors (Lipinski definition) is 3. The maximum atomic E-state index is 12.8. The molecule has 154 valence electrons. The van der Waals surface area contributed by atoms with E-state index in [0.717, 1.165) is 23.3 Å². The van der Waals surface area contributed by atoms with Crippen LogP contribution in [0.1, 0.15) is 27.0 Å². The third-order valence-corrected chi connectivity index (χ3v) is 4.29. The first-order chi connectivity index (χ1) is 14.3. The molecule has 0 unspecified atom stereocenters. The number of anilines is 1. The number of alkyl halides is 3. The molecule has 0 aliphatic rings. The van der Waals surface area contributed by atoms with E-state index in [1.54, 1.807) is 12.1 Å². The molecule has 0 saturated carbocycles. The molecule has 30 heavy (non-hydrogen) atoms. The number of para-hydroxylation sites is 1. The highest BCUT2D eigenvalue weighted by molar-refractivity contribution is 5.96. The molecule has 0 fully saturated rings. The molecule has 0 saturated heterocycles. The molecule has 3 aromatic carbocycles. The van der Waals surface area contributed by atoms with Gasteiger partial charge in [0.15, 0.2) is 6.61 Å². The topological polar surface area (TPSA) is 55.4 Å². The van der Waals surface area contributed by atoms with Crippen molar-refractivity contribution in [3.8, 4) is 0 Å². The summed E-state index contributed by atoms with van der Waals surface area (Å²) in [5, 5.41) is 2.68. The van der Waals surface area contributed by atoms with E-state index in [9.17, 15) is 22.8 Å². The van der Waals surface area contributed by atoms with E-state index in [1.165, 1.54) is 6.07 Å². The highest BCUT2D eigenvalue weighted by Gasteiger charge is 2.31. The Bertz CT molecular complexity index is 1030. The van der Waals surface area contributed by atoms with Gasteiger partial charge in [0, 0.05) is 5.69 Å². The average molecular weight is 413 g/mol. The summed E-state index contributed by atoms with van der Waals surface area (Å²) in [4.78, 5) is 24.2. The molecule has 0 aliphatic carbocycles. The summed E-state index contributed by atoms with van der Waals surface area (Å²) >= 11 is 0. The maximum Gasteiger partial charge on any atom is 0.416 e. The number of nitrogens with one attached hydrogen (secondary N) is 1. The third kappa shape index (κ3) is 5.70. The lowest BCUT2D eigenvalue weighted by Crippen LogP contribution is -2.21. The molecule has 3 rings (SSSR count).